The first kappa shape index (κ1) is 10.7. The fourth-order valence-electron chi connectivity index (χ4n) is 0.523. The summed E-state index contributed by atoms with van der Waals surface area (Å²) < 4.78 is 0. The molecule has 1 rings (SSSR count). The lowest BCUT2D eigenvalue weighted by atomic mass is 10.3. The number of hydrogen-bond acceptors (Lipinski definition) is 3. The Morgan fingerprint density at radius 2 is 2.27 bits per heavy atom. The molecule has 0 N–H and O–H groups in total. The van der Waals surface area contributed by atoms with E-state index in [4.69, 9.17) is 0 Å². The van der Waals surface area contributed by atoms with Gasteiger partial charge in [-0.15, -0.1) is 17.0 Å². The minimum Gasteiger partial charge on any atom is -0.302 e. The van der Waals surface area contributed by atoms with E-state index in [1.807, 2.05) is 0 Å². The molecule has 0 aliphatic carbocycles. The third-order valence-corrected chi connectivity index (χ3v) is 1.67. The van der Waals surface area contributed by atoms with Crippen molar-refractivity contribution >= 4 is 39.2 Å². The summed E-state index contributed by atoms with van der Waals surface area (Å²) in [4.78, 5) is 17.6. The van der Waals surface area contributed by atoms with Crippen molar-refractivity contribution in [3.8, 4) is 0 Å². The monoisotopic (exact) mass is 280 g/mol. The number of carbonyl (C=O) groups excluding carboxylic acids is 1. The molecular formula is C6H6Br2N2O. The Labute approximate surface area is 83.1 Å². The van der Waals surface area contributed by atoms with E-state index in [-0.39, 0.29) is 21.8 Å². The number of hydrogen-bond donors (Lipinski definition) is 0. The average Bonchev–Trinajstić information content (AvgIpc) is 2.05. The zero-order valence-corrected chi connectivity index (χ0v) is 8.77. The van der Waals surface area contributed by atoms with Gasteiger partial charge in [-0.2, -0.15) is 0 Å². The molecular weight excluding hydrogens is 276 g/mol. The Morgan fingerprint density at radius 3 is 2.73 bits per heavy atom. The second-order valence-electron chi connectivity index (χ2n) is 1.67. The van der Waals surface area contributed by atoms with E-state index in [1.54, 1.807) is 18.6 Å². The third kappa shape index (κ3) is 3.07. The largest absolute Gasteiger partial charge is 0.302 e. The lowest BCUT2D eigenvalue weighted by molar-refractivity contribution is -0.107. The molecule has 1 heterocycles. The third-order valence-electron chi connectivity index (χ3n) is 0.985. The lowest BCUT2D eigenvalue weighted by Crippen LogP contribution is -1.94. The van der Waals surface area contributed by atoms with Gasteiger partial charge in [0.05, 0.1) is 5.69 Å². The van der Waals surface area contributed by atoms with Gasteiger partial charge in [0.2, 0.25) is 0 Å². The minimum atomic E-state index is -0.332. The van der Waals surface area contributed by atoms with Crippen molar-refractivity contribution in [1.82, 2.24) is 9.97 Å². The van der Waals surface area contributed by atoms with Crippen LogP contribution in [0.15, 0.2) is 18.6 Å². The SMILES string of the molecule is Br.O=CC(Br)c1cnccn1. The van der Waals surface area contributed by atoms with Gasteiger partial charge < -0.3 is 4.79 Å². The fourth-order valence-corrected chi connectivity index (χ4v) is 0.759. The van der Waals surface area contributed by atoms with Crippen LogP contribution in [-0.2, 0) is 4.79 Å². The van der Waals surface area contributed by atoms with Gasteiger partial charge in [0.25, 0.3) is 0 Å². The van der Waals surface area contributed by atoms with Crippen LogP contribution >= 0.6 is 32.9 Å². The zero-order valence-electron chi connectivity index (χ0n) is 5.48. The van der Waals surface area contributed by atoms with Gasteiger partial charge in [0.15, 0.2) is 0 Å². The maximum Gasteiger partial charge on any atom is 0.139 e. The highest BCUT2D eigenvalue weighted by molar-refractivity contribution is 9.09. The first-order valence-electron chi connectivity index (χ1n) is 2.70. The summed E-state index contributed by atoms with van der Waals surface area (Å²) >= 11 is 3.11. The second kappa shape index (κ2) is 5.37. The normalized spacial score (nSPS) is 11.4. The highest BCUT2D eigenvalue weighted by Crippen LogP contribution is 2.15. The van der Waals surface area contributed by atoms with E-state index in [2.05, 4.69) is 25.9 Å². The number of nitrogens with zero attached hydrogens (tertiary/aromatic N) is 2. The molecule has 0 saturated carbocycles. The van der Waals surface area contributed by atoms with Crippen LogP contribution in [0.2, 0.25) is 0 Å². The summed E-state index contributed by atoms with van der Waals surface area (Å²) in [5.74, 6) is 0. The first-order valence-corrected chi connectivity index (χ1v) is 3.61. The van der Waals surface area contributed by atoms with Crippen LogP contribution in [0.5, 0.6) is 0 Å². The Balaban J connectivity index is 0.000001000. The molecule has 0 bridgehead atoms. The van der Waals surface area contributed by atoms with E-state index in [1.165, 1.54) is 0 Å². The van der Waals surface area contributed by atoms with Crippen molar-refractivity contribution in [3.63, 3.8) is 0 Å². The van der Waals surface area contributed by atoms with E-state index in [9.17, 15) is 4.79 Å². The van der Waals surface area contributed by atoms with Gasteiger partial charge in [-0.3, -0.25) is 9.97 Å². The number of halogens is 2. The summed E-state index contributed by atoms with van der Waals surface area (Å²) in [6, 6.07) is 0. The average molecular weight is 282 g/mol. The molecule has 0 radical (unpaired) electrons. The molecule has 0 aliphatic rings. The predicted octanol–water partition coefficient (Wildman–Crippen LogP) is 1.69. The van der Waals surface area contributed by atoms with Crippen molar-refractivity contribution in [2.24, 2.45) is 0 Å². The summed E-state index contributed by atoms with van der Waals surface area (Å²) in [6.45, 7) is 0. The lowest BCUT2D eigenvalue weighted by Gasteiger charge is -1.96. The molecule has 0 fully saturated rings. The predicted molar refractivity (Wildman–Crippen MR) is 50.1 cm³/mol. The smallest absolute Gasteiger partial charge is 0.139 e. The Bertz CT molecular complexity index is 217. The summed E-state index contributed by atoms with van der Waals surface area (Å²) in [6.07, 6.45) is 5.43. The fraction of sp³-hybridized carbons (Fsp3) is 0.167. The van der Waals surface area contributed by atoms with Crippen molar-refractivity contribution in [2.75, 3.05) is 0 Å². The van der Waals surface area contributed by atoms with E-state index < -0.39 is 0 Å². The molecule has 1 aromatic heterocycles. The quantitative estimate of drug-likeness (QED) is 0.612. The molecule has 1 aromatic rings. The van der Waals surface area contributed by atoms with Crippen LogP contribution in [0.3, 0.4) is 0 Å². The summed E-state index contributed by atoms with van der Waals surface area (Å²) in [5.41, 5.74) is 0.637. The van der Waals surface area contributed by atoms with Crippen LogP contribution in [0.4, 0.5) is 0 Å². The molecule has 0 saturated heterocycles. The molecule has 1 unspecified atom stereocenters. The Kier molecular flexibility index (Phi) is 5.23. The molecule has 11 heavy (non-hydrogen) atoms. The Morgan fingerprint density at radius 1 is 1.55 bits per heavy atom. The van der Waals surface area contributed by atoms with Gasteiger partial charge >= 0.3 is 0 Å². The molecule has 0 aromatic carbocycles. The molecule has 60 valence electrons. The highest BCUT2D eigenvalue weighted by Gasteiger charge is 2.04. The Hall–Kier alpha value is -0.290. The van der Waals surface area contributed by atoms with Crippen molar-refractivity contribution in [2.45, 2.75) is 4.83 Å². The number of rotatable bonds is 2. The van der Waals surface area contributed by atoms with Crippen LogP contribution in [0.25, 0.3) is 0 Å². The van der Waals surface area contributed by atoms with Gasteiger partial charge in [-0.1, -0.05) is 15.9 Å². The van der Waals surface area contributed by atoms with Crippen LogP contribution < -0.4 is 0 Å². The molecule has 0 spiro atoms. The van der Waals surface area contributed by atoms with Gasteiger partial charge in [0, 0.05) is 18.6 Å². The number of aldehydes is 1. The van der Waals surface area contributed by atoms with Gasteiger partial charge in [-0.05, 0) is 0 Å². The number of aromatic nitrogens is 2. The van der Waals surface area contributed by atoms with Crippen molar-refractivity contribution in [1.29, 1.82) is 0 Å². The first-order chi connectivity index (χ1) is 4.84. The molecule has 0 aliphatic heterocycles. The summed E-state index contributed by atoms with van der Waals surface area (Å²) in [7, 11) is 0. The van der Waals surface area contributed by atoms with E-state index in [0.717, 1.165) is 6.29 Å². The van der Waals surface area contributed by atoms with Crippen molar-refractivity contribution in [3.05, 3.63) is 24.3 Å². The highest BCUT2D eigenvalue weighted by atomic mass is 79.9. The summed E-state index contributed by atoms with van der Waals surface area (Å²) in [5, 5.41) is 0. The molecule has 3 nitrogen and oxygen atoms in total. The maximum atomic E-state index is 10.2. The van der Waals surface area contributed by atoms with Crippen LogP contribution in [0, 0.1) is 0 Å². The minimum absolute atomic E-state index is 0. The van der Waals surface area contributed by atoms with Gasteiger partial charge in [-0.25, -0.2) is 0 Å². The topological polar surface area (TPSA) is 42.9 Å². The van der Waals surface area contributed by atoms with Crippen LogP contribution in [0.1, 0.15) is 10.5 Å². The van der Waals surface area contributed by atoms with Crippen molar-refractivity contribution < 1.29 is 4.79 Å². The van der Waals surface area contributed by atoms with E-state index >= 15 is 0 Å². The molecule has 1 atom stereocenters. The van der Waals surface area contributed by atoms with E-state index in [0.29, 0.717) is 5.69 Å². The maximum absolute atomic E-state index is 10.2. The standard InChI is InChI=1S/C6H5BrN2O.BrH/c7-5(4-10)6-3-8-1-2-9-6;/h1-5H;1H. The molecule has 0 amide bonds. The second-order valence-corrected chi connectivity index (χ2v) is 2.65. The number of carbonyl (C=O) groups is 1. The zero-order chi connectivity index (χ0) is 7.40. The van der Waals surface area contributed by atoms with Crippen LogP contribution in [-0.4, -0.2) is 16.3 Å². The number of alkyl halides is 1. The van der Waals surface area contributed by atoms with Gasteiger partial charge in [0.1, 0.15) is 11.1 Å². The molecule has 5 heteroatoms.